The first-order valence-electron chi connectivity index (χ1n) is 10.0. The Balaban J connectivity index is 0.00000320. The fraction of sp³-hybridized carbons (Fsp3) is 0.524. The second-order valence-electron chi connectivity index (χ2n) is 7.44. The lowest BCUT2D eigenvalue weighted by Crippen LogP contribution is -2.48. The van der Waals surface area contributed by atoms with Crippen LogP contribution in [-0.2, 0) is 16.7 Å². The van der Waals surface area contributed by atoms with Gasteiger partial charge in [0.05, 0.1) is 12.2 Å². The van der Waals surface area contributed by atoms with E-state index in [0.717, 1.165) is 61.0 Å². The number of hydrogen-bond acceptors (Lipinski definition) is 5. The van der Waals surface area contributed by atoms with Crippen LogP contribution >= 0.6 is 46.9 Å². The summed E-state index contributed by atoms with van der Waals surface area (Å²) >= 11 is 8.20. The van der Waals surface area contributed by atoms with Crippen LogP contribution in [0.5, 0.6) is 0 Å². The van der Waals surface area contributed by atoms with Crippen LogP contribution in [0.4, 0.5) is 5.13 Å². The smallest absolute Gasteiger partial charge is 0.191 e. The number of thiazole rings is 1. The molecule has 0 aliphatic carbocycles. The first-order valence-corrected chi connectivity index (χ1v) is 11.3. The van der Waals surface area contributed by atoms with Crippen molar-refractivity contribution in [2.75, 3.05) is 45.3 Å². The van der Waals surface area contributed by atoms with Crippen molar-refractivity contribution < 1.29 is 4.74 Å². The van der Waals surface area contributed by atoms with Gasteiger partial charge in [0, 0.05) is 56.2 Å². The minimum absolute atomic E-state index is 0. The van der Waals surface area contributed by atoms with Gasteiger partial charge in [0.25, 0.3) is 0 Å². The van der Waals surface area contributed by atoms with Crippen LogP contribution in [0.1, 0.15) is 31.0 Å². The molecule has 166 valence electrons. The number of aliphatic imine (C=N–C) groups is 1. The zero-order valence-corrected chi connectivity index (χ0v) is 21.7. The molecule has 0 saturated carbocycles. The van der Waals surface area contributed by atoms with Crippen molar-refractivity contribution >= 4 is 58.0 Å². The monoisotopic (exact) mass is 563 g/mol. The van der Waals surface area contributed by atoms with Crippen LogP contribution in [0.3, 0.4) is 0 Å². The molecule has 1 aliphatic heterocycles. The van der Waals surface area contributed by atoms with E-state index in [2.05, 4.69) is 40.1 Å². The van der Waals surface area contributed by atoms with Gasteiger partial charge in [-0.15, -0.1) is 35.3 Å². The summed E-state index contributed by atoms with van der Waals surface area (Å²) in [7, 11) is 4.00. The maximum absolute atomic E-state index is 6.57. The Labute approximate surface area is 205 Å². The molecular weight excluding hydrogens is 533 g/mol. The van der Waals surface area contributed by atoms with E-state index in [1.54, 1.807) is 11.3 Å². The number of halogens is 2. The second-order valence-corrected chi connectivity index (χ2v) is 8.68. The SMILES string of the molecule is CCNC(=NCc1csc(N(C)C)n1)NCC1(c2ccccc2Cl)CCOCC1.I. The molecule has 2 heterocycles. The summed E-state index contributed by atoms with van der Waals surface area (Å²) < 4.78 is 5.64. The Hall–Kier alpha value is -1.10. The van der Waals surface area contributed by atoms with Gasteiger partial charge in [-0.05, 0) is 31.4 Å². The van der Waals surface area contributed by atoms with Gasteiger partial charge in [0.15, 0.2) is 11.1 Å². The molecular formula is C21H31ClIN5OS. The number of nitrogens with one attached hydrogen (secondary N) is 2. The Morgan fingerprint density at radius 3 is 2.63 bits per heavy atom. The molecule has 0 spiro atoms. The first-order chi connectivity index (χ1) is 14.0. The summed E-state index contributed by atoms with van der Waals surface area (Å²) in [5.74, 6) is 0.796. The summed E-state index contributed by atoms with van der Waals surface area (Å²) in [6.45, 7) is 5.66. The maximum atomic E-state index is 6.57. The highest BCUT2D eigenvalue weighted by molar-refractivity contribution is 14.0. The quantitative estimate of drug-likeness (QED) is 0.299. The lowest BCUT2D eigenvalue weighted by molar-refractivity contribution is 0.0514. The number of hydrogen-bond donors (Lipinski definition) is 2. The minimum atomic E-state index is -0.0640. The van der Waals surface area contributed by atoms with Crippen LogP contribution in [0.25, 0.3) is 0 Å². The van der Waals surface area contributed by atoms with E-state index in [1.807, 2.05) is 31.1 Å². The van der Waals surface area contributed by atoms with Gasteiger partial charge in [-0.3, -0.25) is 0 Å². The Kier molecular flexibility index (Phi) is 10.1. The number of aromatic nitrogens is 1. The van der Waals surface area contributed by atoms with Crippen LogP contribution in [-0.4, -0.2) is 51.3 Å². The average Bonchev–Trinajstić information content (AvgIpc) is 3.20. The summed E-state index contributed by atoms with van der Waals surface area (Å²) in [6, 6.07) is 8.14. The summed E-state index contributed by atoms with van der Waals surface area (Å²) in [5, 5.41) is 10.8. The molecule has 6 nitrogen and oxygen atoms in total. The van der Waals surface area contributed by atoms with Crippen molar-refractivity contribution in [2.24, 2.45) is 4.99 Å². The van der Waals surface area contributed by atoms with Crippen LogP contribution in [0.15, 0.2) is 34.6 Å². The van der Waals surface area contributed by atoms with Crippen molar-refractivity contribution in [2.45, 2.75) is 31.7 Å². The largest absolute Gasteiger partial charge is 0.381 e. The third-order valence-corrected chi connectivity index (χ3v) is 6.54. The number of anilines is 1. The molecule has 30 heavy (non-hydrogen) atoms. The van der Waals surface area contributed by atoms with Gasteiger partial charge in [0.1, 0.15) is 0 Å². The van der Waals surface area contributed by atoms with Crippen LogP contribution in [0, 0.1) is 0 Å². The molecule has 1 aromatic carbocycles. The van der Waals surface area contributed by atoms with E-state index >= 15 is 0 Å². The highest BCUT2D eigenvalue weighted by Gasteiger charge is 2.36. The molecule has 2 aromatic rings. The summed E-state index contributed by atoms with van der Waals surface area (Å²) in [4.78, 5) is 11.4. The van der Waals surface area contributed by atoms with Gasteiger partial charge in [-0.2, -0.15) is 0 Å². The molecule has 0 amide bonds. The van der Waals surface area contributed by atoms with E-state index in [-0.39, 0.29) is 29.4 Å². The number of rotatable bonds is 7. The predicted molar refractivity (Wildman–Crippen MR) is 138 cm³/mol. The molecule has 0 radical (unpaired) electrons. The van der Waals surface area contributed by atoms with Gasteiger partial charge < -0.3 is 20.3 Å². The maximum Gasteiger partial charge on any atom is 0.191 e. The zero-order valence-electron chi connectivity index (χ0n) is 17.8. The molecule has 1 aliphatic rings. The van der Waals surface area contributed by atoms with E-state index in [9.17, 15) is 0 Å². The predicted octanol–water partition coefficient (Wildman–Crippen LogP) is 4.28. The van der Waals surface area contributed by atoms with Gasteiger partial charge in [0.2, 0.25) is 0 Å². The highest BCUT2D eigenvalue weighted by Crippen LogP contribution is 2.38. The molecule has 3 rings (SSSR count). The van der Waals surface area contributed by atoms with Gasteiger partial charge in [-0.1, -0.05) is 29.8 Å². The Morgan fingerprint density at radius 1 is 1.27 bits per heavy atom. The lowest BCUT2D eigenvalue weighted by Gasteiger charge is -2.38. The van der Waals surface area contributed by atoms with Crippen molar-refractivity contribution in [3.05, 3.63) is 45.9 Å². The normalized spacial score (nSPS) is 15.9. The number of guanidine groups is 1. The van der Waals surface area contributed by atoms with Gasteiger partial charge >= 0.3 is 0 Å². The third kappa shape index (κ3) is 6.45. The Morgan fingerprint density at radius 2 is 2.00 bits per heavy atom. The topological polar surface area (TPSA) is 61.8 Å². The molecule has 0 atom stereocenters. The molecule has 1 saturated heterocycles. The minimum Gasteiger partial charge on any atom is -0.381 e. The fourth-order valence-corrected chi connectivity index (χ4v) is 4.61. The summed E-state index contributed by atoms with van der Waals surface area (Å²) in [6.07, 6.45) is 1.86. The van der Waals surface area contributed by atoms with E-state index in [1.165, 1.54) is 5.56 Å². The lowest BCUT2D eigenvalue weighted by atomic mass is 9.74. The van der Waals surface area contributed by atoms with Gasteiger partial charge in [-0.25, -0.2) is 9.98 Å². The third-order valence-electron chi connectivity index (χ3n) is 5.15. The molecule has 1 fully saturated rings. The molecule has 9 heteroatoms. The van der Waals surface area contributed by atoms with Crippen molar-refractivity contribution in [3.63, 3.8) is 0 Å². The van der Waals surface area contributed by atoms with Crippen molar-refractivity contribution in [1.29, 1.82) is 0 Å². The standard InChI is InChI=1S/C21H30ClN5OS.HI/c1-4-23-19(24-13-16-14-29-20(26-16)27(2)3)25-15-21(9-11-28-12-10-21)17-7-5-6-8-18(17)22;/h5-8,14H,4,9-13,15H2,1-3H3,(H2,23,24,25);1H. The van der Waals surface area contributed by atoms with E-state index < -0.39 is 0 Å². The van der Waals surface area contributed by atoms with E-state index in [0.29, 0.717) is 6.54 Å². The summed E-state index contributed by atoms with van der Waals surface area (Å²) in [5.41, 5.74) is 2.09. The first kappa shape index (κ1) is 25.2. The zero-order chi connectivity index (χ0) is 20.7. The van der Waals surface area contributed by atoms with E-state index in [4.69, 9.17) is 21.3 Å². The number of nitrogens with zero attached hydrogens (tertiary/aromatic N) is 3. The number of benzene rings is 1. The molecule has 2 N–H and O–H groups in total. The van der Waals surface area contributed by atoms with Crippen molar-refractivity contribution in [3.8, 4) is 0 Å². The fourth-order valence-electron chi connectivity index (χ4n) is 3.52. The average molecular weight is 564 g/mol. The molecule has 1 aromatic heterocycles. The highest BCUT2D eigenvalue weighted by atomic mass is 127. The van der Waals surface area contributed by atoms with Crippen molar-refractivity contribution in [1.82, 2.24) is 15.6 Å². The van der Waals surface area contributed by atoms with Crippen LogP contribution in [0.2, 0.25) is 5.02 Å². The Bertz CT molecular complexity index is 823. The van der Waals surface area contributed by atoms with Crippen LogP contribution < -0.4 is 15.5 Å². The molecule has 0 unspecified atom stereocenters. The molecule has 0 bridgehead atoms. The number of ether oxygens (including phenoxy) is 1. The second kappa shape index (κ2) is 12.1.